The lowest BCUT2D eigenvalue weighted by Crippen LogP contribution is -2.20. The van der Waals surface area contributed by atoms with Crippen molar-refractivity contribution in [3.8, 4) is 11.5 Å². The lowest BCUT2D eigenvalue weighted by Gasteiger charge is -2.15. The molecule has 0 radical (unpaired) electrons. The number of rotatable bonds is 8. The fourth-order valence-corrected chi connectivity index (χ4v) is 3.45. The van der Waals surface area contributed by atoms with Crippen LogP contribution < -0.4 is 14.8 Å². The Morgan fingerprint density at radius 1 is 1.25 bits per heavy atom. The third-order valence-electron chi connectivity index (χ3n) is 4.53. The number of carbonyl (C=O) groups is 1. The first-order chi connectivity index (χ1) is 13.5. The quantitative estimate of drug-likeness (QED) is 0.607. The highest BCUT2D eigenvalue weighted by atomic mass is 79.9. The van der Waals surface area contributed by atoms with Gasteiger partial charge in [0, 0.05) is 22.8 Å². The summed E-state index contributed by atoms with van der Waals surface area (Å²) >= 11 is 3.48. The molecule has 0 spiro atoms. The highest BCUT2D eigenvalue weighted by Gasteiger charge is 2.16. The van der Waals surface area contributed by atoms with Crippen LogP contribution in [0.1, 0.15) is 38.2 Å². The van der Waals surface area contributed by atoms with Crippen LogP contribution in [0, 0.1) is 0 Å². The summed E-state index contributed by atoms with van der Waals surface area (Å²) in [6.45, 7) is 5.47. The van der Waals surface area contributed by atoms with Crippen molar-refractivity contribution in [1.29, 1.82) is 0 Å². The van der Waals surface area contributed by atoms with Gasteiger partial charge in [-0.15, -0.1) is 0 Å². The lowest BCUT2D eigenvalue weighted by molar-refractivity contribution is -0.118. The Morgan fingerprint density at radius 3 is 2.86 bits per heavy atom. The number of ether oxygens (including phenoxy) is 3. The van der Waals surface area contributed by atoms with Crippen molar-refractivity contribution in [3.05, 3.63) is 52.5 Å². The topological polar surface area (TPSA) is 56.8 Å². The molecule has 1 N–H and O–H groups in total. The summed E-state index contributed by atoms with van der Waals surface area (Å²) in [6.07, 6.45) is 2.27. The minimum absolute atomic E-state index is 0.0532. The first-order valence-electron chi connectivity index (χ1n) is 9.58. The molecular weight excluding hydrogens is 422 g/mol. The van der Waals surface area contributed by atoms with E-state index < -0.39 is 0 Å². The Kier molecular flexibility index (Phi) is 7.34. The van der Waals surface area contributed by atoms with E-state index in [0.717, 1.165) is 35.2 Å². The molecule has 0 aromatic heterocycles. The zero-order valence-corrected chi connectivity index (χ0v) is 17.8. The number of anilines is 1. The van der Waals surface area contributed by atoms with Crippen molar-refractivity contribution in [2.24, 2.45) is 0 Å². The molecule has 0 bridgehead atoms. The molecule has 3 rings (SSSR count). The van der Waals surface area contributed by atoms with Crippen LogP contribution in [0.3, 0.4) is 0 Å². The molecule has 150 valence electrons. The first-order valence-corrected chi connectivity index (χ1v) is 10.4. The van der Waals surface area contributed by atoms with Gasteiger partial charge >= 0.3 is 0 Å². The molecule has 1 atom stereocenters. The van der Waals surface area contributed by atoms with Crippen LogP contribution in [-0.4, -0.2) is 31.8 Å². The Labute approximate surface area is 174 Å². The second-order valence-electron chi connectivity index (χ2n) is 7.15. The maximum atomic E-state index is 12.3. The Bertz CT molecular complexity index is 803. The molecule has 1 amide bonds. The molecule has 1 heterocycles. The number of halogens is 1. The Hall–Kier alpha value is -2.05. The van der Waals surface area contributed by atoms with Crippen molar-refractivity contribution in [2.75, 3.05) is 25.1 Å². The number of nitrogens with one attached hydrogen (secondary N) is 1. The van der Waals surface area contributed by atoms with E-state index in [1.54, 1.807) is 0 Å². The predicted molar refractivity (Wildman–Crippen MR) is 113 cm³/mol. The summed E-state index contributed by atoms with van der Waals surface area (Å²) in [7, 11) is 0. The molecule has 1 fully saturated rings. The highest BCUT2D eigenvalue weighted by Crippen LogP contribution is 2.29. The average Bonchev–Trinajstić information content (AvgIpc) is 3.19. The average molecular weight is 448 g/mol. The molecule has 1 unspecified atom stereocenters. The van der Waals surface area contributed by atoms with Crippen LogP contribution in [-0.2, 0) is 9.53 Å². The fourth-order valence-electron chi connectivity index (χ4n) is 3.07. The maximum Gasteiger partial charge on any atom is 0.262 e. The normalized spacial score (nSPS) is 16.2. The monoisotopic (exact) mass is 447 g/mol. The van der Waals surface area contributed by atoms with Gasteiger partial charge < -0.3 is 19.5 Å². The number of hydrogen-bond acceptors (Lipinski definition) is 4. The smallest absolute Gasteiger partial charge is 0.262 e. The first kappa shape index (κ1) is 20.7. The van der Waals surface area contributed by atoms with Gasteiger partial charge in [-0.2, -0.15) is 0 Å². The van der Waals surface area contributed by atoms with Gasteiger partial charge in [0.25, 0.3) is 5.91 Å². The maximum absolute atomic E-state index is 12.3. The van der Waals surface area contributed by atoms with E-state index in [0.29, 0.717) is 24.0 Å². The SMILES string of the molecule is CC(C)c1cc(Br)ccc1OCC(=O)Nc1cccc(OCC2CCCO2)c1. The van der Waals surface area contributed by atoms with E-state index in [9.17, 15) is 4.79 Å². The van der Waals surface area contributed by atoms with E-state index in [1.807, 2.05) is 42.5 Å². The van der Waals surface area contributed by atoms with Crippen LogP contribution in [0.4, 0.5) is 5.69 Å². The van der Waals surface area contributed by atoms with Gasteiger partial charge in [0.05, 0.1) is 6.10 Å². The minimum Gasteiger partial charge on any atom is -0.491 e. The molecule has 5 nitrogen and oxygen atoms in total. The van der Waals surface area contributed by atoms with E-state index in [1.165, 1.54) is 0 Å². The molecule has 0 aliphatic carbocycles. The second kappa shape index (κ2) is 9.94. The molecular formula is C22H26BrNO4. The molecule has 28 heavy (non-hydrogen) atoms. The van der Waals surface area contributed by atoms with Crippen molar-refractivity contribution in [3.63, 3.8) is 0 Å². The van der Waals surface area contributed by atoms with Crippen molar-refractivity contribution in [1.82, 2.24) is 0 Å². The molecule has 1 aliphatic heterocycles. The predicted octanol–water partition coefficient (Wildman–Crippen LogP) is 5.15. The zero-order valence-electron chi connectivity index (χ0n) is 16.2. The third-order valence-corrected chi connectivity index (χ3v) is 5.02. The second-order valence-corrected chi connectivity index (χ2v) is 8.06. The van der Waals surface area contributed by atoms with Crippen molar-refractivity contribution >= 4 is 27.5 Å². The summed E-state index contributed by atoms with van der Waals surface area (Å²) in [5, 5.41) is 2.86. The number of carbonyl (C=O) groups excluding carboxylic acids is 1. The van der Waals surface area contributed by atoms with Gasteiger partial charge in [0.15, 0.2) is 6.61 Å². The van der Waals surface area contributed by atoms with Gasteiger partial charge in [0.1, 0.15) is 18.1 Å². The van der Waals surface area contributed by atoms with Gasteiger partial charge in [-0.1, -0.05) is 35.8 Å². The van der Waals surface area contributed by atoms with Gasteiger partial charge in [-0.25, -0.2) is 0 Å². The summed E-state index contributed by atoms with van der Waals surface area (Å²) in [4.78, 5) is 12.3. The van der Waals surface area contributed by atoms with Crippen molar-refractivity contribution < 1.29 is 19.0 Å². The summed E-state index contributed by atoms with van der Waals surface area (Å²) < 4.78 is 18.1. The summed E-state index contributed by atoms with van der Waals surface area (Å²) in [5.41, 5.74) is 1.74. The largest absolute Gasteiger partial charge is 0.491 e. The third kappa shape index (κ3) is 5.97. The van der Waals surface area contributed by atoms with E-state index in [-0.39, 0.29) is 18.6 Å². The molecule has 2 aromatic rings. The van der Waals surface area contributed by atoms with E-state index in [4.69, 9.17) is 14.2 Å². The Balaban J connectivity index is 1.53. The van der Waals surface area contributed by atoms with Crippen LogP contribution >= 0.6 is 15.9 Å². The van der Waals surface area contributed by atoms with Crippen LogP contribution in [0.15, 0.2) is 46.9 Å². The van der Waals surface area contributed by atoms with Gasteiger partial charge in [-0.05, 0) is 54.7 Å². The number of benzene rings is 2. The van der Waals surface area contributed by atoms with Crippen LogP contribution in [0.5, 0.6) is 11.5 Å². The van der Waals surface area contributed by atoms with Gasteiger partial charge in [-0.3, -0.25) is 4.79 Å². The number of hydrogen-bond donors (Lipinski definition) is 1. The van der Waals surface area contributed by atoms with Crippen LogP contribution in [0.2, 0.25) is 0 Å². The number of amides is 1. The molecule has 6 heteroatoms. The lowest BCUT2D eigenvalue weighted by atomic mass is 10.0. The van der Waals surface area contributed by atoms with Gasteiger partial charge in [0.2, 0.25) is 0 Å². The van der Waals surface area contributed by atoms with E-state index >= 15 is 0 Å². The standard InChI is InChI=1S/C22H26BrNO4/c1-15(2)20-11-16(23)8-9-21(20)28-14-22(25)24-17-5-3-6-18(12-17)27-13-19-7-4-10-26-19/h3,5-6,8-9,11-12,15,19H,4,7,10,13-14H2,1-2H3,(H,24,25). The summed E-state index contributed by atoms with van der Waals surface area (Å²) in [6, 6.07) is 13.2. The Morgan fingerprint density at radius 2 is 2.11 bits per heavy atom. The fraction of sp³-hybridized carbons (Fsp3) is 0.409. The highest BCUT2D eigenvalue weighted by molar-refractivity contribution is 9.10. The molecule has 0 saturated carbocycles. The molecule has 1 saturated heterocycles. The minimum atomic E-state index is -0.214. The molecule has 1 aliphatic rings. The van der Waals surface area contributed by atoms with Crippen LogP contribution in [0.25, 0.3) is 0 Å². The zero-order chi connectivity index (χ0) is 19.9. The molecule has 2 aromatic carbocycles. The van der Waals surface area contributed by atoms with E-state index in [2.05, 4.69) is 35.1 Å². The summed E-state index contributed by atoms with van der Waals surface area (Å²) in [5.74, 6) is 1.52. The van der Waals surface area contributed by atoms with Crippen molar-refractivity contribution in [2.45, 2.75) is 38.7 Å².